The van der Waals surface area contributed by atoms with Gasteiger partial charge >= 0.3 is 10.1 Å². The van der Waals surface area contributed by atoms with Crippen LogP contribution in [0, 0.1) is 11.6 Å². The fraction of sp³-hybridized carbons (Fsp3) is 0.0769. The van der Waals surface area contributed by atoms with Crippen LogP contribution in [0.25, 0.3) is 0 Å². The van der Waals surface area contributed by atoms with Crippen molar-refractivity contribution in [2.75, 3.05) is 6.26 Å². The van der Waals surface area contributed by atoms with Gasteiger partial charge in [-0.3, -0.25) is 0 Å². The maximum atomic E-state index is 13.4. The first-order chi connectivity index (χ1) is 10.1. The molecular weight excluding hydrogens is 338 g/mol. The van der Waals surface area contributed by atoms with Crippen molar-refractivity contribution >= 4 is 20.0 Å². The monoisotopic (exact) mass is 348 g/mol. The highest BCUT2D eigenvalue weighted by Gasteiger charge is 2.21. The molecule has 0 heterocycles. The smallest absolute Gasteiger partial charge is 0.339 e. The second kappa shape index (κ2) is 5.65. The fourth-order valence-electron chi connectivity index (χ4n) is 1.57. The van der Waals surface area contributed by atoms with Crippen LogP contribution in [-0.2, 0) is 20.0 Å². The number of rotatable bonds is 4. The lowest BCUT2D eigenvalue weighted by molar-refractivity contribution is 0.457. The summed E-state index contributed by atoms with van der Waals surface area (Å²) in [5, 5.41) is 0. The first-order valence-electron chi connectivity index (χ1n) is 5.79. The first-order valence-corrected chi connectivity index (χ1v) is 9.09. The molecule has 0 saturated heterocycles. The molecule has 2 aromatic carbocycles. The highest BCUT2D eigenvalue weighted by atomic mass is 32.2. The van der Waals surface area contributed by atoms with Crippen LogP contribution in [0.1, 0.15) is 0 Å². The Kier molecular flexibility index (Phi) is 4.21. The molecule has 22 heavy (non-hydrogen) atoms. The number of halogens is 2. The Morgan fingerprint density at radius 2 is 1.55 bits per heavy atom. The van der Waals surface area contributed by atoms with Crippen LogP contribution in [0.15, 0.2) is 52.3 Å². The van der Waals surface area contributed by atoms with E-state index in [0.29, 0.717) is 6.07 Å². The number of hydrogen-bond acceptors (Lipinski definition) is 5. The molecule has 5 nitrogen and oxygen atoms in total. The van der Waals surface area contributed by atoms with Crippen molar-refractivity contribution in [1.29, 1.82) is 0 Å². The summed E-state index contributed by atoms with van der Waals surface area (Å²) in [6.07, 6.45) is 0.916. The van der Waals surface area contributed by atoms with Crippen molar-refractivity contribution < 1.29 is 29.8 Å². The SMILES string of the molecule is CS(=O)(=O)c1cccc(S(=O)(=O)Oc2ccc(F)cc2F)c1. The lowest BCUT2D eigenvalue weighted by Gasteiger charge is -2.08. The number of hydrogen-bond donors (Lipinski definition) is 0. The van der Waals surface area contributed by atoms with Crippen LogP contribution < -0.4 is 4.18 Å². The summed E-state index contributed by atoms with van der Waals surface area (Å²) in [4.78, 5) is -0.684. The molecule has 0 fully saturated rings. The lowest BCUT2D eigenvalue weighted by atomic mass is 10.3. The minimum Gasteiger partial charge on any atom is -0.376 e. The summed E-state index contributed by atoms with van der Waals surface area (Å²) in [5.74, 6) is -2.77. The second-order valence-corrected chi connectivity index (χ2v) is 7.92. The third-order valence-corrected chi connectivity index (χ3v) is 4.96. The molecule has 0 atom stereocenters. The summed E-state index contributed by atoms with van der Waals surface area (Å²) in [5.41, 5.74) is 0. The Balaban J connectivity index is 2.43. The van der Waals surface area contributed by atoms with Gasteiger partial charge in [-0.1, -0.05) is 6.07 Å². The van der Waals surface area contributed by atoms with E-state index < -0.39 is 42.2 Å². The van der Waals surface area contributed by atoms with E-state index in [4.69, 9.17) is 0 Å². The van der Waals surface area contributed by atoms with Gasteiger partial charge in [0.15, 0.2) is 21.4 Å². The molecule has 0 radical (unpaired) electrons. The van der Waals surface area contributed by atoms with Gasteiger partial charge in [-0.2, -0.15) is 8.42 Å². The van der Waals surface area contributed by atoms with Gasteiger partial charge in [-0.25, -0.2) is 17.2 Å². The van der Waals surface area contributed by atoms with E-state index >= 15 is 0 Å². The van der Waals surface area contributed by atoms with Crippen molar-refractivity contribution in [3.05, 3.63) is 54.1 Å². The van der Waals surface area contributed by atoms with Gasteiger partial charge in [0.2, 0.25) is 0 Å². The topological polar surface area (TPSA) is 77.5 Å². The summed E-state index contributed by atoms with van der Waals surface area (Å²) in [6, 6.07) is 6.55. The van der Waals surface area contributed by atoms with Gasteiger partial charge in [0.1, 0.15) is 10.7 Å². The van der Waals surface area contributed by atoms with E-state index in [0.717, 1.165) is 30.5 Å². The largest absolute Gasteiger partial charge is 0.376 e. The molecule has 0 unspecified atom stereocenters. The maximum absolute atomic E-state index is 13.4. The average molecular weight is 348 g/mol. The van der Waals surface area contributed by atoms with Crippen LogP contribution in [0.4, 0.5) is 8.78 Å². The molecule has 2 rings (SSSR count). The van der Waals surface area contributed by atoms with Crippen LogP contribution in [0.2, 0.25) is 0 Å². The molecule has 0 aromatic heterocycles. The van der Waals surface area contributed by atoms with Crippen LogP contribution in [-0.4, -0.2) is 23.1 Å². The van der Waals surface area contributed by atoms with Crippen molar-refractivity contribution in [2.24, 2.45) is 0 Å². The van der Waals surface area contributed by atoms with E-state index in [-0.39, 0.29) is 4.90 Å². The molecule has 0 aliphatic rings. The number of sulfone groups is 1. The average Bonchev–Trinajstić information content (AvgIpc) is 2.41. The summed E-state index contributed by atoms with van der Waals surface area (Å²) < 4.78 is 77.7. The Morgan fingerprint density at radius 3 is 2.14 bits per heavy atom. The molecule has 118 valence electrons. The van der Waals surface area contributed by atoms with Crippen molar-refractivity contribution in [2.45, 2.75) is 9.79 Å². The molecule has 0 saturated carbocycles. The standard InChI is InChI=1S/C13H10F2O5S2/c1-21(16,17)10-3-2-4-11(8-10)22(18,19)20-13-6-5-9(14)7-12(13)15/h2-8H,1H3. The molecule has 0 bridgehead atoms. The van der Waals surface area contributed by atoms with Crippen molar-refractivity contribution in [3.8, 4) is 5.75 Å². The molecular formula is C13H10F2O5S2. The predicted octanol–water partition coefficient (Wildman–Crippen LogP) is 2.14. The van der Waals surface area contributed by atoms with Crippen LogP contribution in [0.3, 0.4) is 0 Å². The van der Waals surface area contributed by atoms with Gasteiger partial charge < -0.3 is 4.18 Å². The van der Waals surface area contributed by atoms with E-state index in [1.54, 1.807) is 0 Å². The van der Waals surface area contributed by atoms with Crippen molar-refractivity contribution in [3.63, 3.8) is 0 Å². The molecule has 0 aliphatic heterocycles. The first kappa shape index (κ1) is 16.4. The normalized spacial score (nSPS) is 12.1. The summed E-state index contributed by atoms with van der Waals surface area (Å²) >= 11 is 0. The van der Waals surface area contributed by atoms with Gasteiger partial charge in [0, 0.05) is 12.3 Å². The molecule has 0 spiro atoms. The highest BCUT2D eigenvalue weighted by Crippen LogP contribution is 2.24. The lowest BCUT2D eigenvalue weighted by Crippen LogP contribution is -2.11. The molecule has 2 aromatic rings. The quantitative estimate of drug-likeness (QED) is 0.791. The third-order valence-electron chi connectivity index (χ3n) is 2.62. The maximum Gasteiger partial charge on any atom is 0.339 e. The predicted molar refractivity (Wildman–Crippen MR) is 73.7 cm³/mol. The zero-order valence-corrected chi connectivity index (χ0v) is 12.8. The minimum absolute atomic E-state index is 0.225. The number of benzene rings is 2. The van der Waals surface area contributed by atoms with Gasteiger partial charge in [0.05, 0.1) is 4.90 Å². The Labute approximate surface area is 126 Å². The third kappa shape index (κ3) is 3.60. The zero-order chi connectivity index (χ0) is 16.5. The zero-order valence-electron chi connectivity index (χ0n) is 11.2. The van der Waals surface area contributed by atoms with E-state index in [1.807, 2.05) is 0 Å². The molecule has 9 heteroatoms. The Bertz CT molecular complexity index is 921. The Morgan fingerprint density at radius 1 is 0.909 bits per heavy atom. The summed E-state index contributed by atoms with van der Waals surface area (Å²) in [6.45, 7) is 0. The van der Waals surface area contributed by atoms with E-state index in [9.17, 15) is 25.6 Å². The molecule has 0 N–H and O–H groups in total. The van der Waals surface area contributed by atoms with Crippen molar-refractivity contribution in [1.82, 2.24) is 0 Å². The molecule has 0 amide bonds. The van der Waals surface area contributed by atoms with Crippen LogP contribution in [0.5, 0.6) is 5.75 Å². The van der Waals surface area contributed by atoms with Gasteiger partial charge in [-0.05, 0) is 30.3 Å². The summed E-state index contributed by atoms with van der Waals surface area (Å²) in [7, 11) is -8.07. The Hall–Kier alpha value is -2.00. The van der Waals surface area contributed by atoms with Crippen LogP contribution >= 0.6 is 0 Å². The minimum atomic E-state index is -4.46. The van der Waals surface area contributed by atoms with Gasteiger partial charge in [0.25, 0.3) is 0 Å². The van der Waals surface area contributed by atoms with E-state index in [1.165, 1.54) is 12.1 Å². The fourth-order valence-corrected chi connectivity index (χ4v) is 3.30. The van der Waals surface area contributed by atoms with E-state index in [2.05, 4.69) is 4.18 Å². The second-order valence-electron chi connectivity index (χ2n) is 4.36. The molecule has 0 aliphatic carbocycles. The highest BCUT2D eigenvalue weighted by molar-refractivity contribution is 7.90. The van der Waals surface area contributed by atoms with Gasteiger partial charge in [-0.15, -0.1) is 0 Å².